The second-order valence-electron chi connectivity index (χ2n) is 7.98. The van der Waals surface area contributed by atoms with Crippen LogP contribution in [0.3, 0.4) is 0 Å². The van der Waals surface area contributed by atoms with Crippen molar-refractivity contribution in [1.82, 2.24) is 20.0 Å². The summed E-state index contributed by atoms with van der Waals surface area (Å²) in [6.07, 6.45) is 2.32. The van der Waals surface area contributed by atoms with Crippen molar-refractivity contribution in [3.63, 3.8) is 0 Å². The van der Waals surface area contributed by atoms with Crippen LogP contribution in [0, 0.1) is 0 Å². The third-order valence-electron chi connectivity index (χ3n) is 4.69. The van der Waals surface area contributed by atoms with Crippen LogP contribution in [-0.4, -0.2) is 55.2 Å². The molecule has 2 atom stereocenters. The number of rotatable bonds is 9. The molecule has 1 aromatic heterocycles. The van der Waals surface area contributed by atoms with Gasteiger partial charge in [0.05, 0.1) is 18.3 Å². The van der Waals surface area contributed by atoms with Gasteiger partial charge in [-0.1, -0.05) is 30.3 Å². The minimum atomic E-state index is -1.03. The molecule has 0 aliphatic rings. The molecule has 2 rings (SSSR count). The molecule has 0 fully saturated rings. The first-order valence-corrected chi connectivity index (χ1v) is 9.68. The number of carboxylic acid groups (broad SMARTS) is 1. The van der Waals surface area contributed by atoms with E-state index in [9.17, 15) is 15.0 Å². The number of hydrogen-bond acceptors (Lipinski definition) is 4. The summed E-state index contributed by atoms with van der Waals surface area (Å²) in [4.78, 5) is 13.4. The van der Waals surface area contributed by atoms with Gasteiger partial charge in [-0.05, 0) is 39.7 Å². The zero-order chi connectivity index (χ0) is 20.7. The van der Waals surface area contributed by atoms with Crippen LogP contribution in [0.25, 0.3) is 0 Å². The third-order valence-corrected chi connectivity index (χ3v) is 4.69. The van der Waals surface area contributed by atoms with E-state index >= 15 is 0 Å². The standard InChI is InChI=1S/C21H32N4O3/c1-5-24-15-17(13-23-24)12-22-14-19(26)18(11-16-9-7-6-8-10-16)25(20(27)28)21(2,3)4/h6-10,13,15,18-19,22,26H,5,11-12,14H2,1-4H3,(H,27,28)/t18-,19-/m0/s1. The maximum absolute atomic E-state index is 12.0. The van der Waals surface area contributed by atoms with Crippen molar-refractivity contribution in [1.29, 1.82) is 0 Å². The zero-order valence-electron chi connectivity index (χ0n) is 17.2. The summed E-state index contributed by atoms with van der Waals surface area (Å²) in [6, 6.07) is 9.11. The lowest BCUT2D eigenvalue weighted by molar-refractivity contribution is 0.00770. The van der Waals surface area contributed by atoms with Crippen LogP contribution in [0.4, 0.5) is 4.79 Å². The molecular formula is C21H32N4O3. The van der Waals surface area contributed by atoms with E-state index in [1.54, 1.807) is 6.20 Å². The topological polar surface area (TPSA) is 90.6 Å². The summed E-state index contributed by atoms with van der Waals surface area (Å²) in [5.41, 5.74) is 1.39. The zero-order valence-corrected chi connectivity index (χ0v) is 17.2. The summed E-state index contributed by atoms with van der Waals surface area (Å²) in [5, 5.41) is 28.2. The number of hydrogen-bond donors (Lipinski definition) is 3. The molecule has 0 aliphatic heterocycles. The van der Waals surface area contributed by atoms with Crippen molar-refractivity contribution in [3.05, 3.63) is 53.9 Å². The average molecular weight is 389 g/mol. The molecule has 0 unspecified atom stereocenters. The van der Waals surface area contributed by atoms with Crippen LogP contribution in [-0.2, 0) is 19.5 Å². The number of aromatic nitrogens is 2. The number of aliphatic hydroxyl groups excluding tert-OH is 1. The normalized spacial score (nSPS) is 13.9. The fourth-order valence-electron chi connectivity index (χ4n) is 3.35. The number of carbonyl (C=O) groups is 1. The molecule has 0 radical (unpaired) electrons. The van der Waals surface area contributed by atoms with Crippen LogP contribution >= 0.6 is 0 Å². The van der Waals surface area contributed by atoms with Crippen molar-refractivity contribution >= 4 is 6.09 Å². The fourth-order valence-corrected chi connectivity index (χ4v) is 3.35. The Labute approximate surface area is 167 Å². The molecule has 28 heavy (non-hydrogen) atoms. The largest absolute Gasteiger partial charge is 0.465 e. The summed E-state index contributed by atoms with van der Waals surface area (Å²) < 4.78 is 1.84. The number of aryl methyl sites for hydroxylation is 1. The first kappa shape index (κ1) is 21.9. The van der Waals surface area contributed by atoms with Gasteiger partial charge in [0, 0.05) is 36.9 Å². The molecule has 0 bridgehead atoms. The van der Waals surface area contributed by atoms with Gasteiger partial charge in [-0.2, -0.15) is 5.10 Å². The van der Waals surface area contributed by atoms with Gasteiger partial charge < -0.3 is 15.5 Å². The van der Waals surface area contributed by atoms with Crippen molar-refractivity contribution in [3.8, 4) is 0 Å². The highest BCUT2D eigenvalue weighted by molar-refractivity contribution is 5.66. The fraction of sp³-hybridized carbons (Fsp3) is 0.524. The van der Waals surface area contributed by atoms with Gasteiger partial charge in [0.2, 0.25) is 0 Å². The summed E-state index contributed by atoms with van der Waals surface area (Å²) >= 11 is 0. The molecular weight excluding hydrogens is 356 g/mol. The quantitative estimate of drug-likeness (QED) is 0.614. The molecule has 7 heteroatoms. The van der Waals surface area contributed by atoms with E-state index in [4.69, 9.17) is 0 Å². The van der Waals surface area contributed by atoms with Gasteiger partial charge in [0.15, 0.2) is 0 Å². The van der Waals surface area contributed by atoms with Crippen LogP contribution in [0.1, 0.15) is 38.8 Å². The van der Waals surface area contributed by atoms with Gasteiger partial charge in [-0.3, -0.25) is 9.58 Å². The summed E-state index contributed by atoms with van der Waals surface area (Å²) in [6.45, 7) is 9.22. The SMILES string of the molecule is CCn1cc(CNC[C@H](O)[C@H](Cc2ccccc2)N(C(=O)O)C(C)(C)C)cn1. The highest BCUT2D eigenvalue weighted by Crippen LogP contribution is 2.22. The van der Waals surface area contributed by atoms with Crippen LogP contribution in [0.5, 0.6) is 0 Å². The first-order valence-electron chi connectivity index (χ1n) is 9.68. The van der Waals surface area contributed by atoms with E-state index in [0.29, 0.717) is 13.0 Å². The van der Waals surface area contributed by atoms with Crippen LogP contribution in [0.15, 0.2) is 42.7 Å². The number of benzene rings is 1. The molecule has 154 valence electrons. The predicted octanol–water partition coefficient (Wildman–Crippen LogP) is 2.74. The van der Waals surface area contributed by atoms with Crippen molar-refractivity contribution < 1.29 is 15.0 Å². The molecule has 0 saturated carbocycles. The Morgan fingerprint density at radius 1 is 1.25 bits per heavy atom. The lowest BCUT2D eigenvalue weighted by Crippen LogP contribution is -2.58. The summed E-state index contributed by atoms with van der Waals surface area (Å²) in [5.74, 6) is 0. The van der Waals surface area contributed by atoms with E-state index in [-0.39, 0.29) is 6.54 Å². The monoisotopic (exact) mass is 388 g/mol. The molecule has 7 nitrogen and oxygen atoms in total. The molecule has 1 aromatic carbocycles. The van der Waals surface area contributed by atoms with Gasteiger partial charge >= 0.3 is 6.09 Å². The molecule has 3 N–H and O–H groups in total. The van der Waals surface area contributed by atoms with Gasteiger partial charge in [0.25, 0.3) is 0 Å². The van der Waals surface area contributed by atoms with E-state index in [1.165, 1.54) is 4.90 Å². The first-order chi connectivity index (χ1) is 13.2. The van der Waals surface area contributed by atoms with E-state index in [0.717, 1.165) is 17.7 Å². The Morgan fingerprint density at radius 2 is 1.93 bits per heavy atom. The molecule has 0 aliphatic carbocycles. The smallest absolute Gasteiger partial charge is 0.408 e. The maximum atomic E-state index is 12.0. The van der Waals surface area contributed by atoms with E-state index < -0.39 is 23.8 Å². The predicted molar refractivity (Wildman–Crippen MR) is 109 cm³/mol. The second kappa shape index (κ2) is 9.71. The van der Waals surface area contributed by atoms with Crippen molar-refractivity contribution in [2.24, 2.45) is 0 Å². The molecule has 0 spiro atoms. The number of nitrogens with one attached hydrogen (secondary N) is 1. The van der Waals surface area contributed by atoms with Crippen molar-refractivity contribution in [2.75, 3.05) is 6.54 Å². The van der Waals surface area contributed by atoms with Crippen LogP contribution < -0.4 is 5.32 Å². The number of amides is 1. The van der Waals surface area contributed by atoms with Gasteiger partial charge in [0.1, 0.15) is 0 Å². The molecule has 1 heterocycles. The van der Waals surface area contributed by atoms with Gasteiger partial charge in [-0.15, -0.1) is 0 Å². The Balaban J connectivity index is 2.10. The molecule has 2 aromatic rings. The molecule has 0 saturated heterocycles. The number of nitrogens with zero attached hydrogens (tertiary/aromatic N) is 3. The maximum Gasteiger partial charge on any atom is 0.408 e. The lowest BCUT2D eigenvalue weighted by Gasteiger charge is -2.42. The lowest BCUT2D eigenvalue weighted by atomic mass is 9.94. The third kappa shape index (κ3) is 6.07. The highest BCUT2D eigenvalue weighted by atomic mass is 16.4. The highest BCUT2D eigenvalue weighted by Gasteiger charge is 2.37. The summed E-state index contributed by atoms with van der Waals surface area (Å²) in [7, 11) is 0. The Kier molecular flexibility index (Phi) is 7.60. The minimum Gasteiger partial charge on any atom is -0.465 e. The van der Waals surface area contributed by atoms with Crippen molar-refractivity contribution in [2.45, 2.75) is 64.9 Å². The minimum absolute atomic E-state index is 0.286. The second-order valence-corrected chi connectivity index (χ2v) is 7.98. The Hall–Kier alpha value is -2.38. The number of aliphatic hydroxyl groups is 1. The van der Waals surface area contributed by atoms with Gasteiger partial charge in [-0.25, -0.2) is 4.79 Å². The Morgan fingerprint density at radius 3 is 2.46 bits per heavy atom. The molecule has 1 amide bonds. The van der Waals surface area contributed by atoms with E-state index in [2.05, 4.69) is 10.4 Å². The Bertz CT molecular complexity index is 740. The van der Waals surface area contributed by atoms with E-state index in [1.807, 2.05) is 68.9 Å². The average Bonchev–Trinajstić information content (AvgIpc) is 3.08. The van der Waals surface area contributed by atoms with Crippen LogP contribution in [0.2, 0.25) is 0 Å².